The molecule has 1 rings (SSSR count). The maximum absolute atomic E-state index is 5.62. The largest absolute Gasteiger partial charge is 0.391 e. The molecule has 1 aliphatic heterocycles. The quantitative estimate of drug-likeness (QED) is 0.536. The van der Waals surface area contributed by atoms with Gasteiger partial charge in [-0.1, -0.05) is 51.2 Å². The van der Waals surface area contributed by atoms with E-state index in [2.05, 4.69) is 11.8 Å². The molecule has 0 saturated carbocycles. The monoisotopic (exact) mass is 258 g/mol. The number of ether oxygens (including phenoxy) is 1. The van der Waals surface area contributed by atoms with Gasteiger partial charge in [0, 0.05) is 13.1 Å². The van der Waals surface area contributed by atoms with Crippen LogP contribution >= 0.6 is 12.2 Å². The second kappa shape index (κ2) is 8.84. The highest BCUT2D eigenvalue weighted by molar-refractivity contribution is 7.80. The topological polar surface area (TPSA) is 38.5 Å². The Morgan fingerprint density at radius 3 is 2.71 bits per heavy atom. The molecule has 0 amide bonds. The Morgan fingerprint density at radius 2 is 2.00 bits per heavy atom. The normalized spacial score (nSPS) is 21.6. The molecule has 0 aromatic carbocycles. The van der Waals surface area contributed by atoms with E-state index in [0.29, 0.717) is 4.99 Å². The molecule has 1 aliphatic rings. The van der Waals surface area contributed by atoms with Crippen LogP contribution in [0.4, 0.5) is 0 Å². The fourth-order valence-corrected chi connectivity index (χ4v) is 2.34. The summed E-state index contributed by atoms with van der Waals surface area (Å²) in [5, 5.41) is 0. The summed E-state index contributed by atoms with van der Waals surface area (Å²) in [5.41, 5.74) is 5.62. The zero-order valence-corrected chi connectivity index (χ0v) is 11.8. The Bertz CT molecular complexity index is 223. The fraction of sp³-hybridized carbons (Fsp3) is 0.923. The number of rotatable bonds is 8. The van der Waals surface area contributed by atoms with Crippen LogP contribution in [0, 0.1) is 0 Å². The predicted octanol–water partition coefficient (Wildman–Crippen LogP) is 2.33. The Morgan fingerprint density at radius 1 is 1.29 bits per heavy atom. The minimum atomic E-state index is -0.0289. The molecule has 4 heteroatoms. The maximum Gasteiger partial charge on any atom is 0.120 e. The van der Waals surface area contributed by atoms with Crippen molar-refractivity contribution >= 4 is 17.2 Å². The van der Waals surface area contributed by atoms with Crippen molar-refractivity contribution in [3.63, 3.8) is 0 Å². The number of hydrogen-bond donors (Lipinski definition) is 1. The lowest BCUT2D eigenvalue weighted by atomic mass is 10.1. The van der Waals surface area contributed by atoms with Crippen molar-refractivity contribution in [1.82, 2.24) is 4.90 Å². The second-order valence-corrected chi connectivity index (χ2v) is 5.30. The molecule has 0 radical (unpaired) electrons. The molecule has 1 atom stereocenters. The van der Waals surface area contributed by atoms with Crippen LogP contribution in [0.15, 0.2) is 0 Å². The summed E-state index contributed by atoms with van der Waals surface area (Å²) in [6.07, 6.45) is 8.05. The minimum absolute atomic E-state index is 0.0289. The third-order valence-electron chi connectivity index (χ3n) is 3.30. The number of morpholine rings is 1. The predicted molar refractivity (Wildman–Crippen MR) is 76.3 cm³/mol. The molecule has 1 unspecified atom stereocenters. The summed E-state index contributed by atoms with van der Waals surface area (Å²) in [6, 6.07) is 0. The molecule has 1 heterocycles. The molecule has 0 aliphatic carbocycles. The molecule has 1 saturated heterocycles. The highest BCUT2D eigenvalue weighted by Crippen LogP contribution is 2.09. The molecule has 17 heavy (non-hydrogen) atoms. The molecule has 0 spiro atoms. The summed E-state index contributed by atoms with van der Waals surface area (Å²) in [7, 11) is 0. The van der Waals surface area contributed by atoms with Crippen molar-refractivity contribution in [3.8, 4) is 0 Å². The standard InChI is InChI=1S/C13H26N2OS/c1-2-3-4-5-6-7-8-15-9-10-16-12(11-15)13(14)17/h12H,2-11H2,1H3,(H2,14,17). The summed E-state index contributed by atoms with van der Waals surface area (Å²) >= 11 is 4.98. The van der Waals surface area contributed by atoms with Crippen molar-refractivity contribution in [2.45, 2.75) is 51.6 Å². The van der Waals surface area contributed by atoms with Gasteiger partial charge in [0.2, 0.25) is 0 Å². The molecule has 0 aromatic rings. The van der Waals surface area contributed by atoms with Crippen molar-refractivity contribution < 1.29 is 4.74 Å². The first-order chi connectivity index (χ1) is 8.24. The Hall–Kier alpha value is -0.190. The zero-order valence-electron chi connectivity index (χ0n) is 11.0. The Kier molecular flexibility index (Phi) is 7.73. The van der Waals surface area contributed by atoms with Gasteiger partial charge in [0.05, 0.1) is 6.61 Å². The summed E-state index contributed by atoms with van der Waals surface area (Å²) in [4.78, 5) is 2.92. The van der Waals surface area contributed by atoms with Gasteiger partial charge in [0.15, 0.2) is 0 Å². The number of thiocarbonyl (C=S) groups is 1. The van der Waals surface area contributed by atoms with Gasteiger partial charge < -0.3 is 10.5 Å². The van der Waals surface area contributed by atoms with Crippen molar-refractivity contribution in [2.75, 3.05) is 26.2 Å². The first-order valence-electron chi connectivity index (χ1n) is 6.87. The van der Waals surface area contributed by atoms with Crippen LogP contribution in [0.3, 0.4) is 0 Å². The molecule has 3 nitrogen and oxygen atoms in total. The van der Waals surface area contributed by atoms with Crippen molar-refractivity contribution in [1.29, 1.82) is 0 Å². The molecule has 100 valence electrons. The lowest BCUT2D eigenvalue weighted by Gasteiger charge is -2.32. The van der Waals surface area contributed by atoms with Gasteiger partial charge >= 0.3 is 0 Å². The maximum atomic E-state index is 5.62. The van der Waals surface area contributed by atoms with Crippen LogP contribution in [0.2, 0.25) is 0 Å². The van der Waals surface area contributed by atoms with E-state index in [1.165, 1.54) is 38.5 Å². The van der Waals surface area contributed by atoms with Gasteiger partial charge in [0.1, 0.15) is 11.1 Å². The molecular weight excluding hydrogens is 232 g/mol. The van der Waals surface area contributed by atoms with E-state index in [1.807, 2.05) is 0 Å². The van der Waals surface area contributed by atoms with Crippen molar-refractivity contribution in [2.24, 2.45) is 5.73 Å². The minimum Gasteiger partial charge on any atom is -0.391 e. The fourth-order valence-electron chi connectivity index (χ4n) is 2.19. The molecule has 1 fully saturated rings. The lowest BCUT2D eigenvalue weighted by molar-refractivity contribution is 0.00667. The highest BCUT2D eigenvalue weighted by Gasteiger charge is 2.21. The SMILES string of the molecule is CCCCCCCCN1CCOC(C(N)=S)C1. The average Bonchev–Trinajstić information content (AvgIpc) is 2.34. The van der Waals surface area contributed by atoms with Gasteiger partial charge in [0.25, 0.3) is 0 Å². The van der Waals surface area contributed by atoms with Crippen LogP contribution < -0.4 is 5.73 Å². The third kappa shape index (κ3) is 6.34. The molecule has 0 aromatic heterocycles. The van der Waals surface area contributed by atoms with Gasteiger partial charge in [-0.2, -0.15) is 0 Å². The van der Waals surface area contributed by atoms with Crippen LogP contribution in [0.5, 0.6) is 0 Å². The van der Waals surface area contributed by atoms with Crippen molar-refractivity contribution in [3.05, 3.63) is 0 Å². The van der Waals surface area contributed by atoms with Crippen LogP contribution in [-0.2, 0) is 4.74 Å². The first-order valence-corrected chi connectivity index (χ1v) is 7.28. The number of hydrogen-bond acceptors (Lipinski definition) is 3. The van der Waals surface area contributed by atoms with E-state index in [0.717, 1.165) is 26.2 Å². The van der Waals surface area contributed by atoms with E-state index in [4.69, 9.17) is 22.7 Å². The summed E-state index contributed by atoms with van der Waals surface area (Å²) in [6.45, 7) is 6.08. The molecular formula is C13H26N2OS. The molecule has 2 N–H and O–H groups in total. The van der Waals surface area contributed by atoms with Gasteiger partial charge in [-0.05, 0) is 13.0 Å². The van der Waals surface area contributed by atoms with Gasteiger partial charge in [-0.3, -0.25) is 4.90 Å². The van der Waals surface area contributed by atoms with Crippen LogP contribution in [-0.4, -0.2) is 42.2 Å². The van der Waals surface area contributed by atoms with E-state index < -0.39 is 0 Å². The summed E-state index contributed by atoms with van der Waals surface area (Å²) in [5.74, 6) is 0. The highest BCUT2D eigenvalue weighted by atomic mass is 32.1. The summed E-state index contributed by atoms with van der Waals surface area (Å²) < 4.78 is 5.52. The Balaban J connectivity index is 2.04. The number of nitrogens with two attached hydrogens (primary N) is 1. The molecule has 0 bridgehead atoms. The average molecular weight is 258 g/mol. The van der Waals surface area contributed by atoms with E-state index in [9.17, 15) is 0 Å². The third-order valence-corrected chi connectivity index (χ3v) is 3.56. The second-order valence-electron chi connectivity index (χ2n) is 4.83. The zero-order chi connectivity index (χ0) is 12.5. The van der Waals surface area contributed by atoms with E-state index in [-0.39, 0.29) is 6.10 Å². The van der Waals surface area contributed by atoms with Crippen LogP contribution in [0.1, 0.15) is 45.4 Å². The number of unbranched alkanes of at least 4 members (excludes halogenated alkanes) is 5. The Labute approximate surface area is 111 Å². The van der Waals surface area contributed by atoms with Gasteiger partial charge in [-0.25, -0.2) is 0 Å². The van der Waals surface area contributed by atoms with Gasteiger partial charge in [-0.15, -0.1) is 0 Å². The lowest BCUT2D eigenvalue weighted by Crippen LogP contribution is -2.47. The number of nitrogens with zero attached hydrogens (tertiary/aromatic N) is 1. The smallest absolute Gasteiger partial charge is 0.120 e. The van der Waals surface area contributed by atoms with E-state index >= 15 is 0 Å². The van der Waals surface area contributed by atoms with E-state index in [1.54, 1.807) is 0 Å². The van der Waals surface area contributed by atoms with Crippen LogP contribution in [0.25, 0.3) is 0 Å². The first kappa shape index (κ1) is 14.9.